The van der Waals surface area contributed by atoms with Gasteiger partial charge in [-0.05, 0) is 64.5 Å². The van der Waals surface area contributed by atoms with E-state index >= 15 is 0 Å². The lowest BCUT2D eigenvalue weighted by Gasteiger charge is -2.37. The molecule has 3 saturated heterocycles. The van der Waals surface area contributed by atoms with Gasteiger partial charge in [0.1, 0.15) is 5.82 Å². The largest absolute Gasteiger partial charge is 0.378 e. The molecule has 3 aliphatic heterocycles. The second kappa shape index (κ2) is 8.38. The van der Waals surface area contributed by atoms with E-state index < -0.39 is 0 Å². The quantitative estimate of drug-likeness (QED) is 0.776. The van der Waals surface area contributed by atoms with Gasteiger partial charge in [-0.2, -0.15) is 4.98 Å². The molecule has 8 heteroatoms. The zero-order chi connectivity index (χ0) is 19.6. The van der Waals surface area contributed by atoms with E-state index in [0.717, 1.165) is 56.5 Å². The molecule has 29 heavy (non-hydrogen) atoms. The van der Waals surface area contributed by atoms with Gasteiger partial charge in [0, 0.05) is 30.9 Å². The third kappa shape index (κ3) is 4.01. The highest BCUT2D eigenvalue weighted by molar-refractivity contribution is 5.59. The molecule has 3 aliphatic rings. The van der Waals surface area contributed by atoms with Crippen molar-refractivity contribution in [2.75, 3.05) is 57.9 Å². The molecule has 2 aromatic heterocycles. The number of pyridine rings is 1. The van der Waals surface area contributed by atoms with Gasteiger partial charge in [-0.25, -0.2) is 4.98 Å². The molecule has 0 spiro atoms. The van der Waals surface area contributed by atoms with Gasteiger partial charge in [-0.3, -0.25) is 4.90 Å². The van der Waals surface area contributed by atoms with Crippen molar-refractivity contribution in [1.29, 1.82) is 0 Å². The molecule has 0 aromatic carbocycles. The second-order valence-electron chi connectivity index (χ2n) is 8.39. The van der Waals surface area contributed by atoms with Gasteiger partial charge in [0.25, 0.3) is 0 Å². The van der Waals surface area contributed by atoms with Crippen molar-refractivity contribution in [2.24, 2.45) is 0 Å². The Morgan fingerprint density at radius 2 is 1.86 bits per heavy atom. The fourth-order valence-corrected chi connectivity index (χ4v) is 4.83. The first-order valence-electron chi connectivity index (χ1n) is 10.8. The summed E-state index contributed by atoms with van der Waals surface area (Å²) in [5.74, 6) is 2.37. The third-order valence-electron chi connectivity index (χ3n) is 6.52. The zero-order valence-corrected chi connectivity index (χ0v) is 17.2. The molecule has 8 nitrogen and oxygen atoms in total. The second-order valence-corrected chi connectivity index (χ2v) is 8.39. The molecular formula is C21H30N6O2. The Morgan fingerprint density at radius 3 is 2.69 bits per heavy atom. The summed E-state index contributed by atoms with van der Waals surface area (Å²) >= 11 is 0. The lowest BCUT2D eigenvalue weighted by molar-refractivity contribution is 0.0958. The Morgan fingerprint density at radius 1 is 1.03 bits per heavy atom. The predicted octanol–water partition coefficient (Wildman–Crippen LogP) is 2.20. The van der Waals surface area contributed by atoms with Crippen LogP contribution in [0.25, 0.3) is 11.4 Å². The summed E-state index contributed by atoms with van der Waals surface area (Å²) in [6.45, 7) is 6.68. The van der Waals surface area contributed by atoms with Crippen LogP contribution in [0.3, 0.4) is 0 Å². The van der Waals surface area contributed by atoms with Crippen molar-refractivity contribution < 1.29 is 9.26 Å². The van der Waals surface area contributed by atoms with E-state index in [1.165, 1.54) is 32.4 Å². The average molecular weight is 399 g/mol. The summed E-state index contributed by atoms with van der Waals surface area (Å²) in [5.41, 5.74) is 0.959. The van der Waals surface area contributed by atoms with Gasteiger partial charge < -0.3 is 19.1 Å². The van der Waals surface area contributed by atoms with Crippen LogP contribution in [-0.2, 0) is 4.74 Å². The van der Waals surface area contributed by atoms with Crippen molar-refractivity contribution in [3.8, 4) is 11.4 Å². The van der Waals surface area contributed by atoms with Crippen molar-refractivity contribution in [3.05, 3.63) is 24.2 Å². The molecule has 5 heterocycles. The van der Waals surface area contributed by atoms with E-state index in [0.29, 0.717) is 11.9 Å². The molecule has 1 atom stereocenters. The number of morpholine rings is 1. The third-order valence-corrected chi connectivity index (χ3v) is 6.52. The number of nitrogens with zero attached hydrogens (tertiary/aromatic N) is 6. The summed E-state index contributed by atoms with van der Waals surface area (Å²) in [4.78, 5) is 16.6. The lowest BCUT2D eigenvalue weighted by Crippen LogP contribution is -2.43. The first kappa shape index (κ1) is 19.0. The van der Waals surface area contributed by atoms with Gasteiger partial charge in [0.15, 0.2) is 0 Å². The Kier molecular flexibility index (Phi) is 5.48. The van der Waals surface area contributed by atoms with Crippen LogP contribution in [-0.4, -0.2) is 84.0 Å². The summed E-state index contributed by atoms with van der Waals surface area (Å²) in [5, 5.41) is 4.32. The molecule has 156 valence electrons. The molecule has 0 radical (unpaired) electrons. The van der Waals surface area contributed by atoms with E-state index in [1.807, 2.05) is 12.3 Å². The number of rotatable bonds is 4. The van der Waals surface area contributed by atoms with E-state index in [-0.39, 0.29) is 6.04 Å². The maximum absolute atomic E-state index is 5.76. The van der Waals surface area contributed by atoms with Crippen LogP contribution in [0.2, 0.25) is 0 Å². The summed E-state index contributed by atoms with van der Waals surface area (Å²) < 4.78 is 11.2. The van der Waals surface area contributed by atoms with Crippen LogP contribution in [0, 0.1) is 0 Å². The van der Waals surface area contributed by atoms with E-state index in [9.17, 15) is 0 Å². The van der Waals surface area contributed by atoms with Gasteiger partial charge in [0.2, 0.25) is 11.7 Å². The van der Waals surface area contributed by atoms with E-state index in [4.69, 9.17) is 14.2 Å². The van der Waals surface area contributed by atoms with Crippen LogP contribution in [0.1, 0.15) is 37.6 Å². The van der Waals surface area contributed by atoms with Crippen molar-refractivity contribution in [3.63, 3.8) is 0 Å². The smallest absolute Gasteiger partial charge is 0.244 e. The molecule has 0 amide bonds. The van der Waals surface area contributed by atoms with Crippen LogP contribution >= 0.6 is 0 Å². The monoisotopic (exact) mass is 398 g/mol. The van der Waals surface area contributed by atoms with E-state index in [1.54, 1.807) is 0 Å². The minimum Gasteiger partial charge on any atom is -0.378 e. The maximum atomic E-state index is 5.76. The lowest BCUT2D eigenvalue weighted by atomic mass is 10.0. The van der Waals surface area contributed by atoms with E-state index in [2.05, 4.69) is 38.0 Å². The molecular weight excluding hydrogens is 368 g/mol. The predicted molar refractivity (Wildman–Crippen MR) is 110 cm³/mol. The Bertz CT molecular complexity index is 813. The van der Waals surface area contributed by atoms with Crippen LogP contribution in [0.4, 0.5) is 5.82 Å². The SMILES string of the molecule is CN1CCC(N2CCCC2c2nc(-c3ccnc(N4CCOCC4)c3)no2)CC1. The van der Waals surface area contributed by atoms with Crippen LogP contribution in [0.5, 0.6) is 0 Å². The number of aromatic nitrogens is 3. The van der Waals surface area contributed by atoms with Crippen LogP contribution in [0.15, 0.2) is 22.9 Å². The van der Waals surface area contributed by atoms with Gasteiger partial charge >= 0.3 is 0 Å². The summed E-state index contributed by atoms with van der Waals surface area (Å²) in [6.07, 6.45) is 6.58. The molecule has 0 aliphatic carbocycles. The maximum Gasteiger partial charge on any atom is 0.244 e. The number of ether oxygens (including phenoxy) is 1. The summed E-state index contributed by atoms with van der Waals surface area (Å²) in [6, 6.07) is 4.90. The minimum absolute atomic E-state index is 0.255. The van der Waals surface area contributed by atoms with Crippen molar-refractivity contribution in [2.45, 2.75) is 37.8 Å². The molecule has 1 unspecified atom stereocenters. The number of hydrogen-bond donors (Lipinski definition) is 0. The van der Waals surface area contributed by atoms with Gasteiger partial charge in [-0.1, -0.05) is 5.16 Å². The number of likely N-dealkylation sites (tertiary alicyclic amines) is 2. The zero-order valence-electron chi connectivity index (χ0n) is 17.2. The highest BCUT2D eigenvalue weighted by atomic mass is 16.5. The Hall–Kier alpha value is -2.03. The van der Waals surface area contributed by atoms with Crippen molar-refractivity contribution >= 4 is 5.82 Å². The molecule has 5 rings (SSSR count). The van der Waals surface area contributed by atoms with Gasteiger partial charge in [-0.15, -0.1) is 0 Å². The molecule has 0 bridgehead atoms. The normalized spacial score (nSPS) is 25.0. The standard InChI is InChI=1S/C21H30N6O2/c1-25-9-5-17(6-10-25)27-8-2-3-18(27)21-23-20(24-29-21)16-4-7-22-19(15-16)26-11-13-28-14-12-26/h4,7,15,17-18H,2-3,5-6,8-14H2,1H3. The molecule has 0 saturated carbocycles. The average Bonchev–Trinajstić information content (AvgIpc) is 3.45. The Labute approximate surface area is 171 Å². The molecule has 2 aromatic rings. The van der Waals surface area contributed by atoms with Crippen LogP contribution < -0.4 is 4.90 Å². The molecule has 0 N–H and O–H groups in total. The fraction of sp³-hybridized carbons (Fsp3) is 0.667. The topological polar surface area (TPSA) is 70.8 Å². The van der Waals surface area contributed by atoms with Crippen molar-refractivity contribution in [1.82, 2.24) is 24.9 Å². The first-order valence-corrected chi connectivity index (χ1v) is 10.8. The van der Waals surface area contributed by atoms with Gasteiger partial charge in [0.05, 0.1) is 19.3 Å². The number of piperidine rings is 1. The fourth-order valence-electron chi connectivity index (χ4n) is 4.83. The number of anilines is 1. The first-order chi connectivity index (χ1) is 14.3. The summed E-state index contributed by atoms with van der Waals surface area (Å²) in [7, 11) is 2.21. The highest BCUT2D eigenvalue weighted by Crippen LogP contribution is 2.36. The minimum atomic E-state index is 0.255. The molecule has 3 fully saturated rings. The number of hydrogen-bond acceptors (Lipinski definition) is 8. The highest BCUT2D eigenvalue weighted by Gasteiger charge is 2.36. The Balaban J connectivity index is 1.32.